The number of amides is 1. The van der Waals surface area contributed by atoms with Crippen molar-refractivity contribution in [2.24, 2.45) is 4.99 Å². The molecule has 1 aromatic heterocycles. The van der Waals surface area contributed by atoms with Crippen molar-refractivity contribution in [2.45, 2.75) is 13.8 Å². The molecule has 0 spiro atoms. The molecule has 0 bridgehead atoms. The van der Waals surface area contributed by atoms with Crippen molar-refractivity contribution in [3.63, 3.8) is 0 Å². The zero-order valence-electron chi connectivity index (χ0n) is 14.7. The second-order valence-corrected chi connectivity index (χ2v) is 7.52. The van der Waals surface area contributed by atoms with Crippen molar-refractivity contribution >= 4 is 51.9 Å². The van der Waals surface area contributed by atoms with Crippen LogP contribution in [0.4, 0.5) is 5.69 Å². The van der Waals surface area contributed by atoms with E-state index in [4.69, 9.17) is 4.74 Å². The van der Waals surface area contributed by atoms with Crippen molar-refractivity contribution in [3.05, 3.63) is 56.6 Å². The van der Waals surface area contributed by atoms with Crippen LogP contribution in [0.2, 0.25) is 0 Å². The molecule has 0 saturated carbocycles. The number of benzene rings is 1. The number of thioether (sulfide) groups is 1. The van der Waals surface area contributed by atoms with Crippen LogP contribution in [0.25, 0.3) is 6.08 Å². The minimum atomic E-state index is -0.388. The Kier molecular flexibility index (Phi) is 5.58. The summed E-state index contributed by atoms with van der Waals surface area (Å²) in [5.74, 6) is -0.420. The van der Waals surface area contributed by atoms with E-state index < -0.39 is 0 Å². The molecule has 0 N–H and O–H groups in total. The average molecular weight is 386 g/mol. The summed E-state index contributed by atoms with van der Waals surface area (Å²) in [4.78, 5) is 32.2. The summed E-state index contributed by atoms with van der Waals surface area (Å²) in [6.45, 7) is 4.50. The van der Waals surface area contributed by atoms with E-state index in [2.05, 4.69) is 4.99 Å². The number of aryl methyl sites for hydroxylation is 1. The van der Waals surface area contributed by atoms with Crippen LogP contribution in [0.3, 0.4) is 0 Å². The molecule has 1 aliphatic rings. The number of likely N-dealkylation sites (N-methyl/N-ethyl adjacent to an activating group) is 1. The lowest BCUT2D eigenvalue weighted by atomic mass is 10.2. The van der Waals surface area contributed by atoms with Gasteiger partial charge in [0.15, 0.2) is 5.17 Å². The lowest BCUT2D eigenvalue weighted by Crippen LogP contribution is -2.28. The maximum Gasteiger partial charge on any atom is 0.337 e. The number of amidine groups is 1. The molecule has 1 fully saturated rings. The third kappa shape index (κ3) is 3.73. The van der Waals surface area contributed by atoms with Gasteiger partial charge in [-0.2, -0.15) is 0 Å². The van der Waals surface area contributed by atoms with Crippen LogP contribution in [-0.4, -0.2) is 35.6 Å². The second kappa shape index (κ2) is 7.88. The highest BCUT2D eigenvalue weighted by Crippen LogP contribution is 2.35. The van der Waals surface area contributed by atoms with Gasteiger partial charge in [0.05, 0.1) is 23.3 Å². The number of carbonyl (C=O) groups excluding carboxylic acids is 2. The summed E-state index contributed by atoms with van der Waals surface area (Å²) in [5.41, 5.74) is 2.30. The van der Waals surface area contributed by atoms with Crippen molar-refractivity contribution in [1.82, 2.24) is 4.90 Å². The van der Waals surface area contributed by atoms with Crippen LogP contribution in [0.1, 0.15) is 27.7 Å². The van der Waals surface area contributed by atoms with Gasteiger partial charge in [-0.25, -0.2) is 9.79 Å². The largest absolute Gasteiger partial charge is 0.465 e. The van der Waals surface area contributed by atoms with Gasteiger partial charge in [-0.15, -0.1) is 11.3 Å². The summed E-state index contributed by atoms with van der Waals surface area (Å²) < 4.78 is 4.69. The monoisotopic (exact) mass is 386 g/mol. The van der Waals surface area contributed by atoms with E-state index in [1.54, 1.807) is 40.5 Å². The summed E-state index contributed by atoms with van der Waals surface area (Å²) in [6, 6.07) is 8.84. The topological polar surface area (TPSA) is 59.0 Å². The maximum atomic E-state index is 12.7. The van der Waals surface area contributed by atoms with E-state index in [1.807, 2.05) is 31.4 Å². The number of hydrogen-bond acceptors (Lipinski definition) is 6. The van der Waals surface area contributed by atoms with Gasteiger partial charge in [-0.3, -0.25) is 9.69 Å². The second-order valence-electron chi connectivity index (χ2n) is 5.56. The van der Waals surface area contributed by atoms with E-state index in [0.717, 1.165) is 10.4 Å². The molecule has 3 rings (SSSR count). The van der Waals surface area contributed by atoms with Crippen LogP contribution >= 0.6 is 23.1 Å². The van der Waals surface area contributed by atoms with E-state index in [1.165, 1.54) is 18.9 Å². The molecule has 1 aliphatic heterocycles. The molecule has 0 atom stereocenters. The Bertz CT molecular complexity index is 898. The fourth-order valence-corrected chi connectivity index (χ4v) is 4.40. The van der Waals surface area contributed by atoms with Crippen molar-refractivity contribution in [2.75, 3.05) is 13.7 Å². The van der Waals surface area contributed by atoms with Gasteiger partial charge in [0.1, 0.15) is 0 Å². The van der Waals surface area contributed by atoms with E-state index in [-0.39, 0.29) is 11.9 Å². The smallest absolute Gasteiger partial charge is 0.337 e. The van der Waals surface area contributed by atoms with Crippen molar-refractivity contribution in [1.29, 1.82) is 0 Å². The lowest BCUT2D eigenvalue weighted by Gasteiger charge is -2.12. The molecule has 26 heavy (non-hydrogen) atoms. The zero-order valence-corrected chi connectivity index (χ0v) is 16.3. The van der Waals surface area contributed by atoms with Gasteiger partial charge in [0.2, 0.25) is 0 Å². The Labute approximate surface area is 160 Å². The van der Waals surface area contributed by atoms with E-state index in [9.17, 15) is 9.59 Å². The normalized spacial score (nSPS) is 17.3. The highest BCUT2D eigenvalue weighted by atomic mass is 32.2. The summed E-state index contributed by atoms with van der Waals surface area (Å²) in [7, 11) is 1.35. The number of rotatable bonds is 4. The number of aliphatic imine (C=N–C) groups is 1. The molecule has 5 nitrogen and oxygen atoms in total. The molecule has 0 radical (unpaired) electrons. The highest BCUT2D eigenvalue weighted by molar-refractivity contribution is 8.18. The van der Waals surface area contributed by atoms with Gasteiger partial charge in [0.25, 0.3) is 5.91 Å². The van der Waals surface area contributed by atoms with Gasteiger partial charge in [0, 0.05) is 11.4 Å². The van der Waals surface area contributed by atoms with Crippen molar-refractivity contribution in [3.8, 4) is 0 Å². The molecule has 2 heterocycles. The first kappa shape index (κ1) is 18.4. The third-order valence-electron chi connectivity index (χ3n) is 3.88. The SMILES string of the molecule is CCN1C(=O)/C(=C\c2sccc2C)SC1=Nc1ccc(C(=O)OC)cc1. The quantitative estimate of drug-likeness (QED) is 0.575. The fourth-order valence-electron chi connectivity index (χ4n) is 2.42. The summed E-state index contributed by atoms with van der Waals surface area (Å²) in [5, 5.41) is 2.66. The van der Waals surface area contributed by atoms with Crippen LogP contribution < -0.4 is 0 Å². The molecular formula is C19H18N2O3S2. The van der Waals surface area contributed by atoms with Crippen molar-refractivity contribution < 1.29 is 14.3 Å². The van der Waals surface area contributed by atoms with Crippen LogP contribution in [0.15, 0.2) is 45.6 Å². The molecule has 2 aromatic rings. The fraction of sp³-hybridized carbons (Fsp3) is 0.211. The van der Waals surface area contributed by atoms with E-state index >= 15 is 0 Å². The number of esters is 1. The van der Waals surface area contributed by atoms with Crippen LogP contribution in [0.5, 0.6) is 0 Å². The molecule has 1 aromatic carbocycles. The molecule has 1 amide bonds. The summed E-state index contributed by atoms with van der Waals surface area (Å²) >= 11 is 2.99. The number of thiophene rings is 1. The minimum Gasteiger partial charge on any atom is -0.465 e. The standard InChI is InChI=1S/C19H18N2O3S2/c1-4-21-17(22)16(11-15-12(2)9-10-25-15)26-19(21)20-14-7-5-13(6-8-14)18(23)24-3/h5-11H,4H2,1-3H3/b16-11+,20-19?. The Morgan fingerprint density at radius 3 is 2.58 bits per heavy atom. The highest BCUT2D eigenvalue weighted by Gasteiger charge is 2.32. The van der Waals surface area contributed by atoms with Gasteiger partial charge in [-0.05, 0) is 73.0 Å². The predicted octanol–water partition coefficient (Wildman–Crippen LogP) is 4.47. The Morgan fingerprint density at radius 2 is 2.00 bits per heavy atom. The molecule has 0 aliphatic carbocycles. The Balaban J connectivity index is 1.88. The molecule has 134 valence electrons. The first-order chi connectivity index (χ1) is 12.5. The number of nitrogens with zero attached hydrogens (tertiary/aromatic N) is 2. The summed E-state index contributed by atoms with van der Waals surface area (Å²) in [6.07, 6.45) is 1.93. The Hall–Kier alpha value is -2.38. The number of carbonyl (C=O) groups is 2. The zero-order chi connectivity index (χ0) is 18.7. The lowest BCUT2D eigenvalue weighted by molar-refractivity contribution is -0.122. The molecule has 7 heteroatoms. The first-order valence-corrected chi connectivity index (χ1v) is 9.75. The number of methoxy groups -OCH3 is 1. The molecule has 1 saturated heterocycles. The first-order valence-electron chi connectivity index (χ1n) is 8.06. The average Bonchev–Trinajstić information content (AvgIpc) is 3.18. The van der Waals surface area contributed by atoms with E-state index in [0.29, 0.717) is 27.9 Å². The number of hydrogen-bond donors (Lipinski definition) is 0. The molecular weight excluding hydrogens is 368 g/mol. The Morgan fingerprint density at radius 1 is 1.27 bits per heavy atom. The van der Waals surface area contributed by atoms with Gasteiger partial charge < -0.3 is 4.74 Å². The predicted molar refractivity (Wildman–Crippen MR) is 107 cm³/mol. The maximum absolute atomic E-state index is 12.7. The third-order valence-corrected chi connectivity index (χ3v) is 5.85. The van der Waals surface area contributed by atoms with Crippen LogP contribution in [-0.2, 0) is 9.53 Å². The molecule has 0 unspecified atom stereocenters. The van der Waals surface area contributed by atoms with Gasteiger partial charge in [-0.1, -0.05) is 0 Å². The van der Waals surface area contributed by atoms with Crippen LogP contribution in [0, 0.1) is 6.92 Å². The minimum absolute atomic E-state index is 0.0322. The van der Waals surface area contributed by atoms with Gasteiger partial charge >= 0.3 is 5.97 Å². The number of ether oxygens (including phenoxy) is 1.